The van der Waals surface area contributed by atoms with Gasteiger partial charge < -0.3 is 41.8 Å². The van der Waals surface area contributed by atoms with Gasteiger partial charge in [0.25, 0.3) is 15.6 Å². The topological polar surface area (TPSA) is 170 Å². The molecule has 0 aromatic rings. The summed E-state index contributed by atoms with van der Waals surface area (Å²) in [5, 5.41) is 0. The van der Waals surface area contributed by atoms with E-state index in [1.165, 1.54) is 103 Å². The molecule has 0 aromatic heterocycles. The van der Waals surface area contributed by atoms with Crippen LogP contribution in [0.3, 0.4) is 0 Å². The van der Waals surface area contributed by atoms with Crippen LogP contribution in [0.1, 0.15) is 233 Å². The number of cyclic esters (lactones) is 2. The van der Waals surface area contributed by atoms with Gasteiger partial charge >= 0.3 is 11.9 Å². The molecule has 0 bridgehead atoms. The summed E-state index contributed by atoms with van der Waals surface area (Å²) < 4.78 is 56.8. The van der Waals surface area contributed by atoms with E-state index in [0.717, 1.165) is 64.2 Å². The van der Waals surface area contributed by atoms with Crippen LogP contribution in [-0.2, 0) is 46.3 Å². The molecule has 2 aliphatic heterocycles. The zero-order valence-corrected chi connectivity index (χ0v) is 47.4. The molecule has 0 amide bonds. The minimum Gasteiger partial charge on any atom is -0.756 e. The second-order valence-corrected chi connectivity index (χ2v) is 23.5. The number of hydrogen-bond acceptors (Lipinski definition) is 12. The van der Waals surface area contributed by atoms with E-state index < -0.39 is 39.8 Å². The molecule has 0 spiro atoms. The van der Waals surface area contributed by atoms with Gasteiger partial charge in [0.2, 0.25) is 0 Å². The Kier molecular flexibility index (Phi) is 40.9. The molecule has 0 N–H and O–H groups in total. The van der Waals surface area contributed by atoms with Crippen LogP contribution in [0.15, 0.2) is 48.6 Å². The molecule has 414 valence electrons. The van der Waals surface area contributed by atoms with Gasteiger partial charge in [-0.05, 0) is 84.5 Å². The maximum absolute atomic E-state index is 12.6. The number of ether oxygens (including phenoxy) is 2. The van der Waals surface area contributed by atoms with Crippen LogP contribution in [0.2, 0.25) is 0 Å². The van der Waals surface area contributed by atoms with Gasteiger partial charge in [0.05, 0.1) is 52.8 Å². The second kappa shape index (κ2) is 43.3. The quantitative estimate of drug-likeness (QED) is 0.0832. The Balaban J connectivity index is 0.000000713. The summed E-state index contributed by atoms with van der Waals surface area (Å²) in [6.07, 6.45) is 48.1. The number of phosphoric ester groups is 2. The number of likely N-dealkylation sites (N-methyl/N-ethyl adjacent to an activating group) is 1. The molecule has 2 unspecified atom stereocenters. The first-order valence-corrected chi connectivity index (χ1v) is 31.0. The first-order valence-electron chi connectivity index (χ1n) is 28.1. The van der Waals surface area contributed by atoms with E-state index in [1.807, 2.05) is 54.1 Å². The average Bonchev–Trinajstić information content (AvgIpc) is 3.28. The Hall–Kier alpha value is -1.92. The van der Waals surface area contributed by atoms with Crippen molar-refractivity contribution in [1.82, 2.24) is 0 Å². The fourth-order valence-electron chi connectivity index (χ4n) is 8.22. The number of carbonyl (C=O) groups is 2. The van der Waals surface area contributed by atoms with Crippen LogP contribution in [0, 0.1) is 0 Å². The van der Waals surface area contributed by atoms with Crippen LogP contribution in [0.5, 0.6) is 0 Å². The van der Waals surface area contributed by atoms with E-state index >= 15 is 0 Å². The molecule has 2 rings (SSSR count). The summed E-state index contributed by atoms with van der Waals surface area (Å²) in [4.78, 5) is 49.6. The predicted molar refractivity (Wildman–Crippen MR) is 285 cm³/mol. The van der Waals surface area contributed by atoms with E-state index in [1.54, 1.807) is 0 Å². The lowest BCUT2D eigenvalue weighted by molar-refractivity contribution is -0.870. The van der Waals surface area contributed by atoms with Gasteiger partial charge in [-0.25, -0.2) is 0 Å². The first-order chi connectivity index (χ1) is 34.0. The highest BCUT2D eigenvalue weighted by molar-refractivity contribution is 7.46. The van der Waals surface area contributed by atoms with Gasteiger partial charge in [0, 0.05) is 12.8 Å². The molecule has 2 aliphatic rings. The van der Waals surface area contributed by atoms with Gasteiger partial charge in [0.15, 0.2) is 0 Å². The van der Waals surface area contributed by atoms with Crippen LogP contribution in [0.4, 0.5) is 0 Å². The first kappa shape index (κ1) is 67.1. The molecule has 0 aromatic carbocycles. The van der Waals surface area contributed by atoms with E-state index in [4.69, 9.17) is 27.6 Å². The van der Waals surface area contributed by atoms with Gasteiger partial charge in [-0.2, -0.15) is 0 Å². The number of carbonyl (C=O) groups excluding carboxylic acids is 2. The number of nitrogens with zero attached hydrogens (tertiary/aromatic N) is 1. The molecule has 0 saturated carbocycles. The summed E-state index contributed by atoms with van der Waals surface area (Å²) in [5.41, 5.74) is 0. The Labute approximate surface area is 433 Å². The van der Waals surface area contributed by atoms with Crippen molar-refractivity contribution in [3.63, 3.8) is 0 Å². The van der Waals surface area contributed by atoms with Crippen molar-refractivity contribution in [2.45, 2.75) is 257 Å². The Morgan fingerprint density at radius 2 is 0.803 bits per heavy atom. The van der Waals surface area contributed by atoms with Crippen LogP contribution in [-0.4, -0.2) is 81.7 Å². The predicted octanol–water partition coefficient (Wildman–Crippen LogP) is 14.4. The third kappa shape index (κ3) is 45.2. The van der Waals surface area contributed by atoms with Gasteiger partial charge in [-0.1, -0.05) is 171 Å². The highest BCUT2D eigenvalue weighted by Crippen LogP contribution is 2.42. The lowest BCUT2D eigenvalue weighted by Gasteiger charge is -2.30. The maximum Gasteiger partial charge on any atom is 0.308 e. The Bertz CT molecular complexity index is 1550. The van der Waals surface area contributed by atoms with Crippen molar-refractivity contribution in [3.8, 4) is 0 Å². The van der Waals surface area contributed by atoms with Crippen molar-refractivity contribution >= 4 is 27.6 Å². The molecule has 15 heteroatoms. The molecule has 6 atom stereocenters. The van der Waals surface area contributed by atoms with E-state index in [9.17, 15) is 28.5 Å². The van der Waals surface area contributed by atoms with Gasteiger partial charge in [0.1, 0.15) is 25.4 Å². The molecule has 71 heavy (non-hydrogen) atoms. The van der Waals surface area contributed by atoms with Crippen molar-refractivity contribution in [2.24, 2.45) is 0 Å². The smallest absolute Gasteiger partial charge is 0.308 e. The molecule has 13 nitrogen and oxygen atoms in total. The molecule has 0 saturated heterocycles. The lowest BCUT2D eigenvalue weighted by Crippen LogP contribution is -2.37. The number of quaternary nitrogens is 1. The van der Waals surface area contributed by atoms with Gasteiger partial charge in [-0.15, -0.1) is 0 Å². The van der Waals surface area contributed by atoms with Crippen molar-refractivity contribution < 1.29 is 60.6 Å². The maximum atomic E-state index is 12.6. The monoisotopic (exact) mass is 1040 g/mol. The average molecular weight is 1040 g/mol. The molecule has 0 fully saturated rings. The highest BCUT2D eigenvalue weighted by Gasteiger charge is 2.25. The molecule has 0 aliphatic carbocycles. The third-order valence-electron chi connectivity index (χ3n) is 12.4. The summed E-state index contributed by atoms with van der Waals surface area (Å²) in [6, 6.07) is 0. The van der Waals surface area contributed by atoms with Crippen molar-refractivity contribution in [2.75, 3.05) is 40.9 Å². The highest BCUT2D eigenvalue weighted by atomic mass is 31.2. The van der Waals surface area contributed by atoms with Crippen LogP contribution in [0.25, 0.3) is 0 Å². The normalized spacial score (nSPS) is 27.2. The summed E-state index contributed by atoms with van der Waals surface area (Å²) >= 11 is 0. The Morgan fingerprint density at radius 3 is 1.15 bits per heavy atom. The zero-order valence-electron chi connectivity index (χ0n) is 45.6. The molecule has 0 radical (unpaired) electrons. The van der Waals surface area contributed by atoms with Crippen molar-refractivity contribution in [3.05, 3.63) is 48.6 Å². The van der Waals surface area contributed by atoms with Crippen LogP contribution < -0.4 is 9.79 Å². The molecule has 2 heterocycles. The zero-order chi connectivity index (χ0) is 52.3. The molecular weight excluding hydrogens is 941 g/mol. The summed E-state index contributed by atoms with van der Waals surface area (Å²) in [7, 11) is -3.06. The number of phosphoric acid groups is 2. The fraction of sp³-hybridized carbons (Fsp3) is 0.821. The van der Waals surface area contributed by atoms with E-state index in [2.05, 4.69) is 36.5 Å². The van der Waals surface area contributed by atoms with Crippen molar-refractivity contribution in [1.29, 1.82) is 0 Å². The lowest BCUT2D eigenvalue weighted by atomic mass is 10.0. The van der Waals surface area contributed by atoms with E-state index in [-0.39, 0.29) is 38.3 Å². The number of esters is 2. The summed E-state index contributed by atoms with van der Waals surface area (Å²) in [6.45, 7) is 6.19. The number of rotatable bonds is 11. The molecular formula is C56H102NO12P2-. The summed E-state index contributed by atoms with van der Waals surface area (Å²) in [5.74, 6) is -0.867. The van der Waals surface area contributed by atoms with Gasteiger partial charge in [-0.3, -0.25) is 18.7 Å². The Morgan fingerprint density at radius 1 is 0.493 bits per heavy atom. The second-order valence-electron chi connectivity index (χ2n) is 20.8. The number of hydrogen-bond donors (Lipinski definition) is 0. The number of allylic oxidation sites excluding steroid dienone is 6. The fourth-order valence-corrected chi connectivity index (χ4v) is 10.1. The standard InChI is InChI=1S/C29H54NO6P.C27H49O6P/c1-27-22-20-18-16-14-12-10-8-6-5-7-9-11-13-15-17-19-21-23-28(26-29(31)35-27)36-37(32,33)34-25-24-30(2,3)4;1-3-23-31-34(29,30)33-26-22-20-18-16-14-12-10-8-6-4-5-7-9-11-13-15-17-19-21-25(2)32-27(28)24-26/h10,12,18,20,27-28H,5-9,11,13-17,19,21-26H2,1-4H3;9,11,17,19,25-26H,3-8,10,12-16,18,20-24H2,1-2H3,(H,29,30)/p-1/b12-10-,20-18+;11-9-,19-17+/t27-,28-;25-,26+/m00/s1. The largest absolute Gasteiger partial charge is 0.756 e. The SMILES string of the molecule is CCCOP(=O)([O-])O[C@@H]1CCCCCCCCCCCC/C=C\CC/C=C/C[C@H](C)OC(=O)C1.C[C@H]1C/C=C/CC/C=C\CCCCCCCCCCCC[C@H](OP(=O)([O-])OCC[N+](C)(C)C)CC(=O)O1. The minimum absolute atomic E-state index is 0.0423. The van der Waals surface area contributed by atoms with Crippen LogP contribution >= 0.6 is 15.6 Å². The third-order valence-corrected chi connectivity index (χ3v) is 14.5. The van der Waals surface area contributed by atoms with E-state index in [0.29, 0.717) is 43.1 Å². The minimum atomic E-state index is -4.51.